The number of benzene rings is 1. The highest BCUT2D eigenvalue weighted by Crippen LogP contribution is 2.42. The van der Waals surface area contributed by atoms with Gasteiger partial charge in [-0.3, -0.25) is 9.59 Å². The summed E-state index contributed by atoms with van der Waals surface area (Å²) < 4.78 is 25.5. The minimum Gasteiger partial charge on any atom is -0.501 e. The number of ether oxygens (including phenoxy) is 2. The summed E-state index contributed by atoms with van der Waals surface area (Å²) in [4.78, 5) is 32.4. The van der Waals surface area contributed by atoms with Gasteiger partial charge in [0.25, 0.3) is 0 Å². The summed E-state index contributed by atoms with van der Waals surface area (Å²) >= 11 is 6.18. The van der Waals surface area contributed by atoms with Crippen molar-refractivity contribution in [2.45, 2.75) is 58.1 Å². The number of anilines is 1. The molecule has 1 heterocycles. The van der Waals surface area contributed by atoms with Gasteiger partial charge in [0.1, 0.15) is 17.3 Å². The molecule has 1 aromatic carbocycles. The normalized spacial score (nSPS) is 15.7. The fourth-order valence-electron chi connectivity index (χ4n) is 3.85. The van der Waals surface area contributed by atoms with E-state index in [0.29, 0.717) is 18.8 Å². The molecule has 39 heavy (non-hydrogen) atoms. The van der Waals surface area contributed by atoms with E-state index >= 15 is 4.39 Å². The van der Waals surface area contributed by atoms with Gasteiger partial charge in [-0.15, -0.1) is 0 Å². The van der Waals surface area contributed by atoms with Crippen LogP contribution in [0, 0.1) is 11.7 Å². The van der Waals surface area contributed by atoms with E-state index in [1.54, 1.807) is 14.2 Å². The summed E-state index contributed by atoms with van der Waals surface area (Å²) in [6, 6.07) is 2.49. The van der Waals surface area contributed by atoms with E-state index in [9.17, 15) is 9.59 Å². The second kappa shape index (κ2) is 13.7. The second-order valence-corrected chi connectivity index (χ2v) is 10.8. The Hall–Kier alpha value is -3.30. The number of ketones is 1. The first-order chi connectivity index (χ1) is 18.6. The summed E-state index contributed by atoms with van der Waals surface area (Å²) in [6.07, 6.45) is 10.7. The Bertz CT molecular complexity index is 1220. The van der Waals surface area contributed by atoms with Gasteiger partial charge in [0.15, 0.2) is 0 Å². The number of hydrogen-bond acceptors (Lipinski definition) is 7. The first-order valence-electron chi connectivity index (χ1n) is 12.8. The molecule has 0 radical (unpaired) electrons. The Morgan fingerprint density at radius 2 is 1.90 bits per heavy atom. The molecule has 0 bridgehead atoms. The Kier molecular flexibility index (Phi) is 10.6. The molecule has 10 heteroatoms. The summed E-state index contributed by atoms with van der Waals surface area (Å²) in [5.41, 5.74) is 1.19. The number of allylic oxidation sites excluding steroid dienone is 3. The molecule has 1 aromatic heterocycles. The largest absolute Gasteiger partial charge is 0.501 e. The van der Waals surface area contributed by atoms with Crippen molar-refractivity contribution in [3.05, 3.63) is 75.7 Å². The highest BCUT2D eigenvalue weighted by molar-refractivity contribution is 6.35. The van der Waals surface area contributed by atoms with Gasteiger partial charge in [-0.25, -0.2) is 14.4 Å². The minimum absolute atomic E-state index is 0.0152. The molecule has 210 valence electrons. The summed E-state index contributed by atoms with van der Waals surface area (Å²) in [5.74, 6) is 0.191. The molecule has 1 unspecified atom stereocenters. The average molecular weight is 559 g/mol. The maximum absolute atomic E-state index is 15.3. The predicted octanol–water partition coefficient (Wildman–Crippen LogP) is 5.79. The van der Waals surface area contributed by atoms with Gasteiger partial charge in [-0.1, -0.05) is 29.3 Å². The van der Waals surface area contributed by atoms with Gasteiger partial charge in [0.05, 0.1) is 47.5 Å². The standard InChI is InChI=1S/C24H24ClFN4O3.C5H12O/c1-33-16-6-2-14(3-7-16)10-28-20-12-27-19(11-29-20)24(32)21-18(25)9-8-17(22(21)26)23(30-13-31)15-4-5-15;1-5(2,3)6-4/h2,6,8-9,11-13,15,23H,3-5,7,10H2,1H3,(H,28,29)(H,30,31);1-4H3. The van der Waals surface area contributed by atoms with Crippen LogP contribution in [0.3, 0.4) is 0 Å². The molecule has 2 aromatic rings. The van der Waals surface area contributed by atoms with E-state index in [1.807, 2.05) is 32.9 Å². The van der Waals surface area contributed by atoms with Crippen molar-refractivity contribution in [1.82, 2.24) is 15.3 Å². The van der Waals surface area contributed by atoms with Crippen molar-refractivity contribution in [2.24, 2.45) is 5.92 Å². The Morgan fingerprint density at radius 1 is 1.18 bits per heavy atom. The lowest BCUT2D eigenvalue weighted by molar-refractivity contribution is -0.110. The van der Waals surface area contributed by atoms with Crippen molar-refractivity contribution >= 4 is 29.6 Å². The molecule has 0 spiro atoms. The highest BCUT2D eigenvalue weighted by atomic mass is 35.5. The van der Waals surface area contributed by atoms with Crippen molar-refractivity contribution in [3.8, 4) is 0 Å². The fourth-order valence-corrected chi connectivity index (χ4v) is 4.08. The summed E-state index contributed by atoms with van der Waals surface area (Å²) in [5, 5.41) is 5.81. The van der Waals surface area contributed by atoms with Gasteiger partial charge in [0.2, 0.25) is 12.2 Å². The first-order valence-corrected chi connectivity index (χ1v) is 13.2. The van der Waals surface area contributed by atoms with Crippen LogP contribution in [0.5, 0.6) is 0 Å². The maximum atomic E-state index is 15.3. The lowest BCUT2D eigenvalue weighted by Gasteiger charge is -2.18. The van der Waals surface area contributed by atoms with Gasteiger partial charge in [-0.2, -0.15) is 0 Å². The molecule has 8 nitrogen and oxygen atoms in total. The monoisotopic (exact) mass is 558 g/mol. The van der Waals surface area contributed by atoms with E-state index in [1.165, 1.54) is 30.1 Å². The Balaban J connectivity index is 0.000000631. The minimum atomic E-state index is -0.740. The fraction of sp³-hybridized carbons (Fsp3) is 0.448. The molecular formula is C29H36ClFN4O4. The lowest BCUT2D eigenvalue weighted by atomic mass is 9.97. The number of nitrogens with zero attached hydrogens (tertiary/aromatic N) is 2. The van der Waals surface area contributed by atoms with Crippen molar-refractivity contribution in [2.75, 3.05) is 26.1 Å². The molecule has 1 atom stereocenters. The quantitative estimate of drug-likeness (QED) is 0.281. The molecule has 2 N–H and O–H groups in total. The van der Waals surface area contributed by atoms with E-state index in [4.69, 9.17) is 21.1 Å². The molecule has 0 saturated heterocycles. The summed E-state index contributed by atoms with van der Waals surface area (Å²) in [7, 11) is 3.37. The predicted molar refractivity (Wildman–Crippen MR) is 149 cm³/mol. The zero-order valence-electron chi connectivity index (χ0n) is 23.0. The van der Waals surface area contributed by atoms with Crippen LogP contribution < -0.4 is 10.6 Å². The van der Waals surface area contributed by atoms with E-state index < -0.39 is 17.6 Å². The van der Waals surface area contributed by atoms with E-state index in [0.717, 1.165) is 31.4 Å². The van der Waals surface area contributed by atoms with Crippen molar-refractivity contribution in [1.29, 1.82) is 0 Å². The van der Waals surface area contributed by atoms with Gasteiger partial charge < -0.3 is 20.1 Å². The van der Waals surface area contributed by atoms with Crippen molar-refractivity contribution < 1.29 is 23.5 Å². The number of carbonyl (C=O) groups excluding carboxylic acids is 2. The van der Waals surface area contributed by atoms with Gasteiger partial charge in [0, 0.05) is 25.6 Å². The number of nitrogens with one attached hydrogen (secondary N) is 2. The zero-order chi connectivity index (χ0) is 28.6. The number of hydrogen-bond donors (Lipinski definition) is 2. The van der Waals surface area contributed by atoms with E-state index in [2.05, 4.69) is 20.6 Å². The third kappa shape index (κ3) is 8.60. The molecule has 4 rings (SSSR count). The first kappa shape index (κ1) is 30.2. The number of aromatic nitrogens is 2. The lowest BCUT2D eigenvalue weighted by Crippen LogP contribution is -2.23. The zero-order valence-corrected chi connectivity index (χ0v) is 23.8. The van der Waals surface area contributed by atoms with Crippen LogP contribution in [0.15, 0.2) is 48.0 Å². The van der Waals surface area contributed by atoms with Crippen LogP contribution in [-0.2, 0) is 14.3 Å². The number of carbonyl (C=O) groups is 2. The molecule has 2 aliphatic rings. The third-order valence-electron chi connectivity index (χ3n) is 6.48. The van der Waals surface area contributed by atoms with E-state index in [-0.39, 0.29) is 33.4 Å². The Labute approximate surface area is 234 Å². The van der Waals surface area contributed by atoms with Crippen molar-refractivity contribution in [3.63, 3.8) is 0 Å². The molecule has 2 aliphatic carbocycles. The van der Waals surface area contributed by atoms with Crippen LogP contribution in [0.2, 0.25) is 5.02 Å². The summed E-state index contributed by atoms with van der Waals surface area (Å²) in [6.45, 7) is 6.65. The molecule has 1 fully saturated rings. The van der Waals surface area contributed by atoms with Gasteiger partial charge >= 0.3 is 0 Å². The Morgan fingerprint density at radius 3 is 2.41 bits per heavy atom. The second-order valence-electron chi connectivity index (χ2n) is 10.4. The number of rotatable bonds is 10. The molecular weight excluding hydrogens is 523 g/mol. The average Bonchev–Trinajstić information content (AvgIpc) is 3.77. The van der Waals surface area contributed by atoms with Crippen LogP contribution in [0.25, 0.3) is 0 Å². The molecule has 1 amide bonds. The van der Waals surface area contributed by atoms with Crippen LogP contribution >= 0.6 is 11.6 Å². The smallest absolute Gasteiger partial charge is 0.217 e. The topological polar surface area (TPSA) is 102 Å². The van der Waals surface area contributed by atoms with Crippen LogP contribution in [-0.4, -0.2) is 48.5 Å². The highest BCUT2D eigenvalue weighted by Gasteiger charge is 2.35. The van der Waals surface area contributed by atoms with Crippen LogP contribution in [0.4, 0.5) is 10.2 Å². The number of amides is 1. The SMILES string of the molecule is COC(C)(C)C.COC1=CC=C(CNc2cnc(C(=O)c3c(Cl)ccc(C(NC=O)C4CC4)c3F)cn2)CC1. The molecule has 1 saturated carbocycles. The van der Waals surface area contributed by atoms with Crippen LogP contribution in [0.1, 0.15) is 74.1 Å². The number of halogens is 2. The third-order valence-corrected chi connectivity index (χ3v) is 6.79. The molecule has 0 aliphatic heterocycles. The number of methoxy groups -OCH3 is 2. The van der Waals surface area contributed by atoms with Gasteiger partial charge in [-0.05, 0) is 58.1 Å². The maximum Gasteiger partial charge on any atom is 0.217 e.